The Labute approximate surface area is 203 Å². The number of ether oxygens (including phenoxy) is 2. The first-order valence-electron chi connectivity index (χ1n) is 11.3. The molecule has 1 aliphatic rings. The SMILES string of the molecule is O=C(O)CN(CCNC(=O)OCc1ccccc1)C(=O)OCC1c2ccccc2-c2ccccc21. The largest absolute Gasteiger partial charge is 0.480 e. The molecule has 0 radical (unpaired) electrons. The number of alkyl carbamates (subject to hydrolysis) is 1. The number of carboxylic acid groups (broad SMARTS) is 1. The lowest BCUT2D eigenvalue weighted by molar-refractivity contribution is -0.138. The van der Waals surface area contributed by atoms with Crippen LogP contribution in [0.5, 0.6) is 0 Å². The number of amides is 2. The fraction of sp³-hybridized carbons (Fsp3) is 0.222. The molecule has 0 bridgehead atoms. The molecule has 3 aromatic carbocycles. The molecule has 2 N–H and O–H groups in total. The zero-order valence-electron chi connectivity index (χ0n) is 19.1. The summed E-state index contributed by atoms with van der Waals surface area (Å²) in [5, 5.41) is 11.8. The summed E-state index contributed by atoms with van der Waals surface area (Å²) in [5.41, 5.74) is 5.17. The van der Waals surface area contributed by atoms with E-state index in [-0.39, 0.29) is 32.2 Å². The van der Waals surface area contributed by atoms with Crippen molar-refractivity contribution in [2.24, 2.45) is 0 Å². The van der Waals surface area contributed by atoms with Crippen molar-refractivity contribution in [2.45, 2.75) is 12.5 Å². The Morgan fingerprint density at radius 1 is 0.829 bits per heavy atom. The zero-order valence-corrected chi connectivity index (χ0v) is 19.1. The van der Waals surface area contributed by atoms with Gasteiger partial charge in [-0.3, -0.25) is 9.69 Å². The lowest BCUT2D eigenvalue weighted by Gasteiger charge is -2.22. The van der Waals surface area contributed by atoms with E-state index in [2.05, 4.69) is 5.32 Å². The zero-order chi connectivity index (χ0) is 24.6. The van der Waals surface area contributed by atoms with Crippen molar-refractivity contribution in [1.29, 1.82) is 0 Å². The molecular formula is C27H26N2O6. The normalized spacial score (nSPS) is 11.8. The smallest absolute Gasteiger partial charge is 0.410 e. The van der Waals surface area contributed by atoms with Gasteiger partial charge in [0.1, 0.15) is 19.8 Å². The number of hydrogen-bond donors (Lipinski definition) is 2. The van der Waals surface area contributed by atoms with Crippen molar-refractivity contribution in [3.63, 3.8) is 0 Å². The van der Waals surface area contributed by atoms with Gasteiger partial charge in [0.2, 0.25) is 0 Å². The number of carbonyl (C=O) groups excluding carboxylic acids is 2. The maximum absolute atomic E-state index is 12.7. The molecule has 8 heteroatoms. The van der Waals surface area contributed by atoms with E-state index in [4.69, 9.17) is 9.47 Å². The quantitative estimate of drug-likeness (QED) is 0.480. The van der Waals surface area contributed by atoms with Gasteiger partial charge in [-0.25, -0.2) is 9.59 Å². The van der Waals surface area contributed by atoms with Crippen LogP contribution >= 0.6 is 0 Å². The summed E-state index contributed by atoms with van der Waals surface area (Å²) >= 11 is 0. The van der Waals surface area contributed by atoms with E-state index in [9.17, 15) is 19.5 Å². The van der Waals surface area contributed by atoms with Crippen molar-refractivity contribution >= 4 is 18.2 Å². The highest BCUT2D eigenvalue weighted by atomic mass is 16.6. The number of fused-ring (bicyclic) bond motifs is 3. The van der Waals surface area contributed by atoms with Crippen LogP contribution in [0.2, 0.25) is 0 Å². The first kappa shape index (κ1) is 23.8. The molecule has 4 rings (SSSR count). The average Bonchev–Trinajstić information content (AvgIpc) is 3.19. The molecule has 0 spiro atoms. The predicted molar refractivity (Wildman–Crippen MR) is 129 cm³/mol. The van der Waals surface area contributed by atoms with Gasteiger partial charge in [0, 0.05) is 19.0 Å². The number of benzene rings is 3. The summed E-state index contributed by atoms with van der Waals surface area (Å²) in [6, 6.07) is 25.1. The second-order valence-corrected chi connectivity index (χ2v) is 8.11. The number of rotatable bonds is 9. The van der Waals surface area contributed by atoms with Gasteiger partial charge in [-0.15, -0.1) is 0 Å². The maximum Gasteiger partial charge on any atom is 0.410 e. The molecule has 3 aromatic rings. The number of nitrogens with one attached hydrogen (secondary N) is 1. The lowest BCUT2D eigenvalue weighted by atomic mass is 9.98. The van der Waals surface area contributed by atoms with Crippen molar-refractivity contribution in [2.75, 3.05) is 26.2 Å². The maximum atomic E-state index is 12.7. The van der Waals surface area contributed by atoms with Gasteiger partial charge < -0.3 is 19.9 Å². The third kappa shape index (κ3) is 5.97. The third-order valence-electron chi connectivity index (χ3n) is 5.78. The van der Waals surface area contributed by atoms with E-state index >= 15 is 0 Å². The molecule has 0 unspecified atom stereocenters. The summed E-state index contributed by atoms with van der Waals surface area (Å²) < 4.78 is 10.7. The highest BCUT2D eigenvalue weighted by molar-refractivity contribution is 5.79. The molecular weight excluding hydrogens is 448 g/mol. The number of aliphatic carboxylic acids is 1. The standard InChI is InChI=1S/C27H26N2O6/c30-25(31)16-29(15-14-28-26(32)34-17-19-8-2-1-3-9-19)27(33)35-18-24-22-12-6-4-10-20(22)21-11-5-7-13-23(21)24/h1-13,24H,14-18H2,(H,28,32)(H,30,31). The van der Waals surface area contributed by atoms with Crippen LogP contribution in [0.4, 0.5) is 9.59 Å². The van der Waals surface area contributed by atoms with Crippen LogP contribution in [0.25, 0.3) is 11.1 Å². The Balaban J connectivity index is 1.31. The molecule has 0 aliphatic heterocycles. The summed E-state index contributed by atoms with van der Waals surface area (Å²) in [6.45, 7) is -0.376. The fourth-order valence-corrected chi connectivity index (χ4v) is 4.15. The Bertz CT molecular complexity index is 1150. The van der Waals surface area contributed by atoms with Gasteiger partial charge in [0.05, 0.1) is 0 Å². The minimum Gasteiger partial charge on any atom is -0.480 e. The van der Waals surface area contributed by atoms with Crippen molar-refractivity contribution in [3.8, 4) is 11.1 Å². The Morgan fingerprint density at radius 2 is 1.43 bits per heavy atom. The monoisotopic (exact) mass is 474 g/mol. The predicted octanol–water partition coefficient (Wildman–Crippen LogP) is 4.25. The van der Waals surface area contributed by atoms with E-state index in [0.29, 0.717) is 0 Å². The van der Waals surface area contributed by atoms with Gasteiger partial charge in [0.25, 0.3) is 0 Å². The van der Waals surface area contributed by atoms with E-state index in [1.807, 2.05) is 78.9 Å². The molecule has 0 saturated carbocycles. The van der Waals surface area contributed by atoms with Crippen LogP contribution in [0.1, 0.15) is 22.6 Å². The van der Waals surface area contributed by atoms with Crippen LogP contribution in [-0.4, -0.2) is 54.4 Å². The fourth-order valence-electron chi connectivity index (χ4n) is 4.15. The summed E-state index contributed by atoms with van der Waals surface area (Å²) in [5.74, 6) is -1.31. The molecule has 0 fully saturated rings. The second kappa shape index (κ2) is 11.2. The highest BCUT2D eigenvalue weighted by Crippen LogP contribution is 2.44. The van der Waals surface area contributed by atoms with Crippen LogP contribution < -0.4 is 5.32 Å². The Morgan fingerprint density at radius 3 is 2.06 bits per heavy atom. The van der Waals surface area contributed by atoms with Crippen LogP contribution in [0, 0.1) is 0 Å². The third-order valence-corrected chi connectivity index (χ3v) is 5.78. The van der Waals surface area contributed by atoms with Crippen LogP contribution in [-0.2, 0) is 20.9 Å². The second-order valence-electron chi connectivity index (χ2n) is 8.11. The average molecular weight is 475 g/mol. The first-order valence-corrected chi connectivity index (χ1v) is 11.3. The molecule has 180 valence electrons. The minimum atomic E-state index is -1.18. The van der Waals surface area contributed by atoms with Gasteiger partial charge in [0.15, 0.2) is 0 Å². The van der Waals surface area contributed by atoms with Gasteiger partial charge in [-0.2, -0.15) is 0 Å². The molecule has 0 aromatic heterocycles. The molecule has 35 heavy (non-hydrogen) atoms. The summed E-state index contributed by atoms with van der Waals surface area (Å²) in [6.07, 6.45) is -1.41. The lowest BCUT2D eigenvalue weighted by Crippen LogP contribution is -2.42. The molecule has 1 aliphatic carbocycles. The van der Waals surface area contributed by atoms with E-state index in [1.165, 1.54) is 0 Å². The van der Waals surface area contributed by atoms with Crippen molar-refractivity contribution < 1.29 is 29.0 Å². The van der Waals surface area contributed by atoms with Crippen molar-refractivity contribution in [1.82, 2.24) is 10.2 Å². The van der Waals surface area contributed by atoms with Crippen molar-refractivity contribution in [3.05, 3.63) is 95.6 Å². The van der Waals surface area contributed by atoms with Crippen LogP contribution in [0.15, 0.2) is 78.9 Å². The Kier molecular flexibility index (Phi) is 7.62. The van der Waals surface area contributed by atoms with Gasteiger partial charge in [-0.05, 0) is 27.8 Å². The van der Waals surface area contributed by atoms with Gasteiger partial charge in [-0.1, -0.05) is 78.9 Å². The number of nitrogens with zero attached hydrogens (tertiary/aromatic N) is 1. The molecule has 0 heterocycles. The van der Waals surface area contributed by atoms with Crippen LogP contribution in [0.3, 0.4) is 0 Å². The molecule has 2 amide bonds. The number of hydrogen-bond acceptors (Lipinski definition) is 5. The highest BCUT2D eigenvalue weighted by Gasteiger charge is 2.30. The van der Waals surface area contributed by atoms with E-state index in [0.717, 1.165) is 32.7 Å². The van der Waals surface area contributed by atoms with Gasteiger partial charge >= 0.3 is 18.2 Å². The Hall–Kier alpha value is -4.33. The molecule has 8 nitrogen and oxygen atoms in total. The summed E-state index contributed by atoms with van der Waals surface area (Å²) in [7, 11) is 0. The number of carboxylic acids is 1. The summed E-state index contributed by atoms with van der Waals surface area (Å²) in [4.78, 5) is 37.0. The minimum absolute atomic E-state index is 0.0189. The molecule has 0 atom stereocenters. The first-order chi connectivity index (χ1) is 17.0. The topological polar surface area (TPSA) is 105 Å². The van der Waals surface area contributed by atoms with E-state index in [1.54, 1.807) is 0 Å². The molecule has 0 saturated heterocycles. The number of carbonyl (C=O) groups is 3. The van der Waals surface area contributed by atoms with E-state index < -0.39 is 24.7 Å².